The molecule has 0 spiro atoms. The zero-order chi connectivity index (χ0) is 14.2. The monoisotopic (exact) mass is 269 g/mol. The quantitative estimate of drug-likeness (QED) is 0.621. The van der Waals surface area contributed by atoms with Crippen LogP contribution >= 0.6 is 0 Å². The van der Waals surface area contributed by atoms with Gasteiger partial charge < -0.3 is 9.64 Å². The van der Waals surface area contributed by atoms with Gasteiger partial charge in [-0.25, -0.2) is 8.78 Å². The smallest absolute Gasteiger partial charge is 0.321 e. The van der Waals surface area contributed by atoms with E-state index < -0.39 is 28.9 Å². The molecule has 0 atom stereocenters. The van der Waals surface area contributed by atoms with Gasteiger partial charge in [0.1, 0.15) is 17.0 Å². The van der Waals surface area contributed by atoms with E-state index in [-0.39, 0.29) is 5.69 Å². The number of benzene rings is 1. The standard InChI is InChI=1S/C13H13F2NO3/c1-16(10-7-8(14)3-4-9(10)15)11(17)13(5-6-13)12(18)19-2/h3-4,7H,5-6H2,1-2H3. The van der Waals surface area contributed by atoms with Crippen LogP contribution in [0.3, 0.4) is 0 Å². The normalized spacial score (nSPS) is 15.8. The van der Waals surface area contributed by atoms with Crippen molar-refractivity contribution in [3.8, 4) is 0 Å². The molecule has 4 nitrogen and oxygen atoms in total. The summed E-state index contributed by atoms with van der Waals surface area (Å²) in [5.74, 6) is -2.60. The zero-order valence-corrected chi connectivity index (χ0v) is 10.6. The summed E-state index contributed by atoms with van der Waals surface area (Å²) in [6.07, 6.45) is 0.722. The maximum absolute atomic E-state index is 13.6. The number of nitrogens with zero attached hydrogens (tertiary/aromatic N) is 1. The summed E-state index contributed by atoms with van der Waals surface area (Å²) in [6, 6.07) is 2.82. The molecule has 19 heavy (non-hydrogen) atoms. The fraction of sp³-hybridized carbons (Fsp3) is 0.385. The first-order chi connectivity index (χ1) is 8.92. The fourth-order valence-corrected chi connectivity index (χ4v) is 2.00. The van der Waals surface area contributed by atoms with Crippen molar-refractivity contribution in [3.05, 3.63) is 29.8 Å². The molecule has 1 saturated carbocycles. The second-order valence-electron chi connectivity index (χ2n) is 4.53. The van der Waals surface area contributed by atoms with E-state index in [1.165, 1.54) is 14.2 Å². The number of hydrogen-bond acceptors (Lipinski definition) is 3. The van der Waals surface area contributed by atoms with Crippen LogP contribution in [0.2, 0.25) is 0 Å². The second kappa shape index (κ2) is 4.60. The minimum Gasteiger partial charge on any atom is -0.468 e. The molecule has 0 aromatic heterocycles. The third kappa shape index (κ3) is 2.18. The van der Waals surface area contributed by atoms with Gasteiger partial charge in [0, 0.05) is 13.1 Å². The summed E-state index contributed by atoms with van der Waals surface area (Å²) in [4.78, 5) is 24.8. The number of methoxy groups -OCH3 is 1. The topological polar surface area (TPSA) is 46.6 Å². The van der Waals surface area contributed by atoms with Crippen molar-refractivity contribution in [3.63, 3.8) is 0 Å². The highest BCUT2D eigenvalue weighted by atomic mass is 19.1. The molecular weight excluding hydrogens is 256 g/mol. The van der Waals surface area contributed by atoms with Gasteiger partial charge in [-0.3, -0.25) is 9.59 Å². The molecule has 0 heterocycles. The molecule has 1 amide bonds. The predicted octanol–water partition coefficient (Wildman–Crippen LogP) is 1.88. The van der Waals surface area contributed by atoms with Gasteiger partial charge in [0.25, 0.3) is 0 Å². The molecule has 1 aliphatic rings. The lowest BCUT2D eigenvalue weighted by Crippen LogP contribution is -2.39. The lowest BCUT2D eigenvalue weighted by Gasteiger charge is -2.22. The molecule has 1 aliphatic carbocycles. The van der Waals surface area contributed by atoms with E-state index in [0.29, 0.717) is 12.8 Å². The van der Waals surface area contributed by atoms with Crippen LogP contribution in [0.1, 0.15) is 12.8 Å². The van der Waals surface area contributed by atoms with Crippen molar-refractivity contribution in [1.29, 1.82) is 0 Å². The number of anilines is 1. The Kier molecular flexibility index (Phi) is 3.26. The molecule has 1 aromatic rings. The molecule has 0 saturated heterocycles. The third-order valence-electron chi connectivity index (χ3n) is 3.31. The van der Waals surface area contributed by atoms with Crippen LogP contribution in [0.5, 0.6) is 0 Å². The van der Waals surface area contributed by atoms with Gasteiger partial charge in [0.15, 0.2) is 0 Å². The Morgan fingerprint density at radius 2 is 1.95 bits per heavy atom. The van der Waals surface area contributed by atoms with Gasteiger partial charge >= 0.3 is 5.97 Å². The zero-order valence-electron chi connectivity index (χ0n) is 10.6. The Bertz CT molecular complexity index is 541. The lowest BCUT2D eigenvalue weighted by atomic mass is 10.1. The van der Waals surface area contributed by atoms with E-state index in [4.69, 9.17) is 0 Å². The maximum atomic E-state index is 13.6. The van der Waals surface area contributed by atoms with Crippen LogP contribution in [-0.2, 0) is 14.3 Å². The minimum atomic E-state index is -1.23. The molecule has 0 unspecified atom stereocenters. The largest absolute Gasteiger partial charge is 0.468 e. The van der Waals surface area contributed by atoms with Crippen molar-refractivity contribution in [2.45, 2.75) is 12.8 Å². The average Bonchev–Trinajstić information content (AvgIpc) is 3.20. The summed E-state index contributed by atoms with van der Waals surface area (Å²) in [5.41, 5.74) is -1.43. The molecule has 1 fully saturated rings. The van der Waals surface area contributed by atoms with Crippen molar-refractivity contribution in [2.24, 2.45) is 5.41 Å². The number of carbonyl (C=O) groups excluding carboxylic acids is 2. The highest BCUT2D eigenvalue weighted by Gasteiger charge is 2.59. The Balaban J connectivity index is 2.29. The summed E-state index contributed by atoms with van der Waals surface area (Å²) in [5, 5.41) is 0. The van der Waals surface area contributed by atoms with E-state index in [0.717, 1.165) is 23.1 Å². The van der Waals surface area contributed by atoms with E-state index in [1.807, 2.05) is 0 Å². The number of esters is 1. The molecule has 0 aliphatic heterocycles. The van der Waals surface area contributed by atoms with Crippen LogP contribution in [-0.4, -0.2) is 26.0 Å². The maximum Gasteiger partial charge on any atom is 0.321 e. The van der Waals surface area contributed by atoms with Crippen molar-refractivity contribution < 1.29 is 23.1 Å². The first-order valence-corrected chi connectivity index (χ1v) is 5.74. The van der Waals surface area contributed by atoms with Gasteiger partial charge in [-0.2, -0.15) is 0 Å². The molecule has 0 radical (unpaired) electrons. The molecule has 2 rings (SSSR count). The van der Waals surface area contributed by atoms with Crippen molar-refractivity contribution >= 4 is 17.6 Å². The van der Waals surface area contributed by atoms with Crippen LogP contribution < -0.4 is 4.90 Å². The van der Waals surface area contributed by atoms with Gasteiger partial charge in [0.05, 0.1) is 12.8 Å². The fourth-order valence-electron chi connectivity index (χ4n) is 2.00. The number of amides is 1. The van der Waals surface area contributed by atoms with E-state index in [2.05, 4.69) is 4.74 Å². The van der Waals surface area contributed by atoms with E-state index >= 15 is 0 Å². The Hall–Kier alpha value is -1.98. The summed E-state index contributed by atoms with van der Waals surface area (Å²) in [7, 11) is 2.50. The Morgan fingerprint density at radius 1 is 1.32 bits per heavy atom. The first-order valence-electron chi connectivity index (χ1n) is 5.74. The molecule has 0 N–H and O–H groups in total. The number of rotatable bonds is 3. The highest BCUT2D eigenvalue weighted by molar-refractivity contribution is 6.12. The molecule has 1 aromatic carbocycles. The van der Waals surface area contributed by atoms with Crippen LogP contribution in [0.25, 0.3) is 0 Å². The van der Waals surface area contributed by atoms with Gasteiger partial charge in [-0.15, -0.1) is 0 Å². The highest BCUT2D eigenvalue weighted by Crippen LogP contribution is 2.48. The van der Waals surface area contributed by atoms with E-state index in [1.54, 1.807) is 0 Å². The predicted molar refractivity (Wildman–Crippen MR) is 63.5 cm³/mol. The summed E-state index contributed by atoms with van der Waals surface area (Å²) in [6.45, 7) is 0. The lowest BCUT2D eigenvalue weighted by molar-refractivity contribution is -0.151. The SMILES string of the molecule is COC(=O)C1(C(=O)N(C)c2cc(F)ccc2F)CC1. The first kappa shape index (κ1) is 13.5. The van der Waals surface area contributed by atoms with Gasteiger partial charge in [0.2, 0.25) is 5.91 Å². The Morgan fingerprint density at radius 3 is 2.47 bits per heavy atom. The molecule has 6 heteroatoms. The van der Waals surface area contributed by atoms with E-state index in [9.17, 15) is 18.4 Å². The van der Waals surface area contributed by atoms with Crippen LogP contribution in [0.4, 0.5) is 14.5 Å². The average molecular weight is 269 g/mol. The number of carbonyl (C=O) groups is 2. The van der Waals surface area contributed by atoms with Crippen LogP contribution in [0, 0.1) is 17.0 Å². The molecule has 102 valence electrons. The summed E-state index contributed by atoms with van der Waals surface area (Å²) >= 11 is 0. The second-order valence-corrected chi connectivity index (χ2v) is 4.53. The Labute approximate surface area is 109 Å². The van der Waals surface area contributed by atoms with Gasteiger partial charge in [-0.1, -0.05) is 0 Å². The molecule has 0 bridgehead atoms. The number of hydrogen-bond donors (Lipinski definition) is 0. The third-order valence-corrected chi connectivity index (χ3v) is 3.31. The van der Waals surface area contributed by atoms with Crippen molar-refractivity contribution in [1.82, 2.24) is 0 Å². The minimum absolute atomic E-state index is 0.194. The summed E-state index contributed by atoms with van der Waals surface area (Å²) < 4.78 is 31.3. The molecular formula is C13H13F2NO3. The number of halogens is 2. The number of ether oxygens (including phenoxy) is 1. The van der Waals surface area contributed by atoms with Gasteiger partial charge in [-0.05, 0) is 25.0 Å². The van der Waals surface area contributed by atoms with Crippen LogP contribution in [0.15, 0.2) is 18.2 Å². The van der Waals surface area contributed by atoms with Crippen molar-refractivity contribution in [2.75, 3.05) is 19.1 Å².